The predicted octanol–water partition coefficient (Wildman–Crippen LogP) is 4.16. The van der Waals surface area contributed by atoms with Gasteiger partial charge in [-0.1, -0.05) is 30.1 Å². The Hall–Kier alpha value is -0.540. The molecule has 1 aromatic carbocycles. The highest BCUT2D eigenvalue weighted by atomic mass is 35.5. The van der Waals surface area contributed by atoms with Crippen molar-refractivity contribution in [3.63, 3.8) is 0 Å². The van der Waals surface area contributed by atoms with E-state index in [1.807, 2.05) is 6.92 Å². The molecule has 78 valence electrons. The average Bonchev–Trinajstić information content (AvgIpc) is 2.10. The number of hydrogen-bond acceptors (Lipinski definition) is 1. The van der Waals surface area contributed by atoms with Crippen LogP contribution >= 0.6 is 23.2 Å². The lowest BCUT2D eigenvalue weighted by molar-refractivity contribution is -0.0497. The maximum atomic E-state index is 11.9. The van der Waals surface area contributed by atoms with E-state index < -0.39 is 6.61 Å². The monoisotopic (exact) mass is 240 g/mol. The van der Waals surface area contributed by atoms with E-state index in [-0.39, 0.29) is 10.8 Å². The van der Waals surface area contributed by atoms with Crippen molar-refractivity contribution in [1.29, 1.82) is 0 Å². The van der Waals surface area contributed by atoms with Crippen LogP contribution in [0.5, 0.6) is 5.75 Å². The van der Waals surface area contributed by atoms with Crippen molar-refractivity contribution >= 4 is 23.2 Å². The molecule has 0 bridgehead atoms. The molecule has 0 aromatic heterocycles. The van der Waals surface area contributed by atoms with Gasteiger partial charge in [0.05, 0.1) is 5.02 Å². The third kappa shape index (κ3) is 2.72. The van der Waals surface area contributed by atoms with E-state index in [0.29, 0.717) is 11.4 Å². The molecule has 0 N–H and O–H groups in total. The van der Waals surface area contributed by atoms with Gasteiger partial charge in [-0.05, 0) is 18.1 Å². The molecule has 1 aromatic rings. The number of hydrogen-bond donors (Lipinski definition) is 0. The maximum absolute atomic E-state index is 11.9. The molecule has 0 aliphatic rings. The zero-order valence-electron chi connectivity index (χ0n) is 7.36. The molecule has 0 amide bonds. The summed E-state index contributed by atoms with van der Waals surface area (Å²) in [7, 11) is 0. The first-order chi connectivity index (χ1) is 6.54. The topological polar surface area (TPSA) is 9.23 Å². The minimum absolute atomic E-state index is 0.0936. The van der Waals surface area contributed by atoms with E-state index in [0.717, 1.165) is 5.56 Å². The van der Waals surface area contributed by atoms with E-state index in [1.54, 1.807) is 0 Å². The molecule has 14 heavy (non-hydrogen) atoms. The highest BCUT2D eigenvalue weighted by molar-refractivity contribution is 6.34. The SMILES string of the molecule is CCc1cc(Cl)c(OC(F)F)cc1Cl. The summed E-state index contributed by atoms with van der Waals surface area (Å²) in [4.78, 5) is 0. The summed E-state index contributed by atoms with van der Waals surface area (Å²) in [6, 6.07) is 2.83. The molecular weight excluding hydrogens is 233 g/mol. The molecule has 0 aliphatic carbocycles. The van der Waals surface area contributed by atoms with Gasteiger partial charge in [-0.15, -0.1) is 0 Å². The van der Waals surface area contributed by atoms with Crippen molar-refractivity contribution < 1.29 is 13.5 Å². The number of alkyl halides is 2. The lowest BCUT2D eigenvalue weighted by Gasteiger charge is -2.09. The van der Waals surface area contributed by atoms with Gasteiger partial charge < -0.3 is 4.74 Å². The molecule has 0 fully saturated rings. The summed E-state index contributed by atoms with van der Waals surface area (Å²) in [6.07, 6.45) is 0.688. The molecule has 0 unspecified atom stereocenters. The van der Waals surface area contributed by atoms with Crippen molar-refractivity contribution in [3.8, 4) is 5.75 Å². The van der Waals surface area contributed by atoms with Crippen LogP contribution < -0.4 is 4.74 Å². The normalized spacial score (nSPS) is 10.7. The van der Waals surface area contributed by atoms with Gasteiger partial charge >= 0.3 is 6.61 Å². The Balaban J connectivity index is 3.02. The fraction of sp³-hybridized carbons (Fsp3) is 0.333. The molecule has 0 spiro atoms. The van der Waals surface area contributed by atoms with E-state index in [9.17, 15) is 8.78 Å². The summed E-state index contributed by atoms with van der Waals surface area (Å²) < 4.78 is 28.0. The number of benzene rings is 1. The summed E-state index contributed by atoms with van der Waals surface area (Å²) in [6.45, 7) is -0.999. The van der Waals surface area contributed by atoms with Crippen LogP contribution in [0.3, 0.4) is 0 Å². The smallest absolute Gasteiger partial charge is 0.387 e. The Morgan fingerprint density at radius 2 is 1.93 bits per heavy atom. The molecule has 0 aliphatic heterocycles. The molecule has 0 saturated heterocycles. The molecular formula is C9H8Cl2F2O. The zero-order chi connectivity index (χ0) is 10.7. The highest BCUT2D eigenvalue weighted by Gasteiger charge is 2.11. The first-order valence-corrected chi connectivity index (χ1v) is 4.73. The predicted molar refractivity (Wildman–Crippen MR) is 52.5 cm³/mol. The van der Waals surface area contributed by atoms with Crippen LogP contribution in [0.4, 0.5) is 8.78 Å². The van der Waals surface area contributed by atoms with Gasteiger partial charge in [0.25, 0.3) is 0 Å². The average molecular weight is 241 g/mol. The Kier molecular flexibility index (Phi) is 3.96. The Labute approximate surface area is 90.6 Å². The van der Waals surface area contributed by atoms with E-state index in [1.165, 1.54) is 12.1 Å². The quantitative estimate of drug-likeness (QED) is 0.772. The molecule has 0 radical (unpaired) electrons. The van der Waals surface area contributed by atoms with Gasteiger partial charge in [-0.25, -0.2) is 0 Å². The van der Waals surface area contributed by atoms with Crippen molar-refractivity contribution in [2.45, 2.75) is 20.0 Å². The lowest BCUT2D eigenvalue weighted by Crippen LogP contribution is -2.02. The number of ether oxygens (including phenoxy) is 1. The van der Waals surface area contributed by atoms with Gasteiger partial charge in [0.15, 0.2) is 0 Å². The van der Waals surface area contributed by atoms with Crippen LogP contribution in [0, 0.1) is 0 Å². The van der Waals surface area contributed by atoms with Crippen molar-refractivity contribution in [2.24, 2.45) is 0 Å². The molecule has 5 heteroatoms. The van der Waals surface area contributed by atoms with Crippen LogP contribution in [0.1, 0.15) is 12.5 Å². The summed E-state index contributed by atoms with van der Waals surface area (Å²) in [5.41, 5.74) is 0.804. The summed E-state index contributed by atoms with van der Waals surface area (Å²) >= 11 is 11.5. The molecule has 0 atom stereocenters. The van der Waals surface area contributed by atoms with E-state index in [2.05, 4.69) is 4.74 Å². The third-order valence-electron chi connectivity index (χ3n) is 1.70. The number of aryl methyl sites for hydroxylation is 1. The van der Waals surface area contributed by atoms with Crippen molar-refractivity contribution in [3.05, 3.63) is 27.7 Å². The molecule has 1 nitrogen and oxygen atoms in total. The Morgan fingerprint density at radius 1 is 1.29 bits per heavy atom. The Morgan fingerprint density at radius 3 is 2.43 bits per heavy atom. The van der Waals surface area contributed by atoms with Crippen molar-refractivity contribution in [1.82, 2.24) is 0 Å². The van der Waals surface area contributed by atoms with Crippen LogP contribution in [0.15, 0.2) is 12.1 Å². The summed E-state index contributed by atoms with van der Waals surface area (Å²) in [5, 5.41) is 0.527. The lowest BCUT2D eigenvalue weighted by atomic mass is 10.2. The maximum Gasteiger partial charge on any atom is 0.387 e. The fourth-order valence-electron chi connectivity index (χ4n) is 1.03. The van der Waals surface area contributed by atoms with E-state index in [4.69, 9.17) is 23.2 Å². The molecule has 0 heterocycles. The second-order valence-corrected chi connectivity index (χ2v) is 3.42. The standard InChI is InChI=1S/C9H8Cl2F2O/c1-2-5-3-7(11)8(4-6(5)10)14-9(12)13/h3-4,9H,2H2,1H3. The van der Waals surface area contributed by atoms with Crippen LogP contribution in [-0.2, 0) is 6.42 Å². The van der Waals surface area contributed by atoms with Gasteiger partial charge in [-0.3, -0.25) is 0 Å². The third-order valence-corrected chi connectivity index (χ3v) is 2.35. The molecule has 1 rings (SSSR count). The van der Waals surface area contributed by atoms with Crippen LogP contribution in [-0.4, -0.2) is 6.61 Å². The largest absolute Gasteiger partial charge is 0.433 e. The first kappa shape index (κ1) is 11.5. The van der Waals surface area contributed by atoms with Gasteiger partial charge in [0, 0.05) is 11.1 Å². The summed E-state index contributed by atoms with van der Waals surface area (Å²) in [5.74, 6) is -0.0936. The van der Waals surface area contributed by atoms with Crippen LogP contribution in [0.25, 0.3) is 0 Å². The minimum atomic E-state index is -2.89. The van der Waals surface area contributed by atoms with Crippen LogP contribution in [0.2, 0.25) is 10.0 Å². The van der Waals surface area contributed by atoms with Gasteiger partial charge in [0.1, 0.15) is 5.75 Å². The number of rotatable bonds is 3. The highest BCUT2D eigenvalue weighted by Crippen LogP contribution is 2.32. The first-order valence-electron chi connectivity index (χ1n) is 3.97. The van der Waals surface area contributed by atoms with Gasteiger partial charge in [-0.2, -0.15) is 8.78 Å². The Bertz CT molecular complexity index is 329. The number of halogens is 4. The minimum Gasteiger partial charge on any atom is -0.433 e. The van der Waals surface area contributed by atoms with Gasteiger partial charge in [0.2, 0.25) is 0 Å². The van der Waals surface area contributed by atoms with E-state index >= 15 is 0 Å². The molecule has 0 saturated carbocycles. The second-order valence-electron chi connectivity index (χ2n) is 2.61. The van der Waals surface area contributed by atoms with Crippen molar-refractivity contribution in [2.75, 3.05) is 0 Å². The zero-order valence-corrected chi connectivity index (χ0v) is 8.87. The fourth-order valence-corrected chi connectivity index (χ4v) is 1.55. The second kappa shape index (κ2) is 4.80.